The Bertz CT molecular complexity index is 596. The largest absolute Gasteiger partial charge is 0.244 e. The number of hydrogen-bond donors (Lipinski definition) is 0. The number of benzene rings is 1. The van der Waals surface area contributed by atoms with Crippen molar-refractivity contribution in [3.05, 3.63) is 53.7 Å². The average Bonchev–Trinajstić information content (AvgIpc) is 2.30. The lowest BCUT2D eigenvalue weighted by molar-refractivity contribution is 0.592. The maximum Gasteiger partial charge on any atom is 0.223 e. The first-order valence-electron chi connectivity index (χ1n) is 4.52. The third-order valence-electron chi connectivity index (χ3n) is 2.02. The molecule has 0 fully saturated rings. The molecule has 0 saturated heterocycles. The molecule has 16 heavy (non-hydrogen) atoms. The zero-order valence-electron chi connectivity index (χ0n) is 8.17. The highest BCUT2D eigenvalue weighted by Crippen LogP contribution is 2.21. The Balaban J connectivity index is 2.56. The van der Waals surface area contributed by atoms with Crippen LogP contribution in [-0.2, 0) is 9.84 Å². The molecule has 0 radical (unpaired) electrons. The van der Waals surface area contributed by atoms with E-state index in [0.717, 1.165) is 0 Å². The molecule has 0 aliphatic carbocycles. The second-order valence-electron chi connectivity index (χ2n) is 3.13. The highest BCUT2D eigenvalue weighted by Gasteiger charge is 2.18. The van der Waals surface area contributed by atoms with Gasteiger partial charge in [-0.3, -0.25) is 0 Å². The van der Waals surface area contributed by atoms with E-state index in [1.54, 1.807) is 24.3 Å². The Morgan fingerprint density at radius 3 is 2.50 bits per heavy atom. The van der Waals surface area contributed by atoms with E-state index in [1.165, 1.54) is 24.4 Å². The molecule has 2 rings (SSSR count). The number of aromatic nitrogens is 1. The van der Waals surface area contributed by atoms with Crippen LogP contribution in [0, 0.1) is 0 Å². The van der Waals surface area contributed by atoms with Crippen LogP contribution in [0.5, 0.6) is 0 Å². The lowest BCUT2D eigenvalue weighted by Crippen LogP contribution is -2.03. The van der Waals surface area contributed by atoms with Gasteiger partial charge in [0.15, 0.2) is 5.03 Å². The minimum Gasteiger partial charge on any atom is -0.244 e. The van der Waals surface area contributed by atoms with E-state index in [4.69, 9.17) is 11.6 Å². The van der Waals surface area contributed by atoms with Gasteiger partial charge in [0.2, 0.25) is 9.84 Å². The summed E-state index contributed by atoms with van der Waals surface area (Å²) in [5.74, 6) is 0. The molecule has 0 bridgehead atoms. The summed E-state index contributed by atoms with van der Waals surface area (Å²) in [6.45, 7) is 0. The van der Waals surface area contributed by atoms with E-state index in [0.29, 0.717) is 5.02 Å². The molecule has 1 aromatic carbocycles. The van der Waals surface area contributed by atoms with Gasteiger partial charge in [-0.1, -0.05) is 23.7 Å². The lowest BCUT2D eigenvalue weighted by atomic mass is 10.4. The van der Waals surface area contributed by atoms with Crippen LogP contribution in [-0.4, -0.2) is 13.4 Å². The van der Waals surface area contributed by atoms with Crippen LogP contribution in [0.2, 0.25) is 5.02 Å². The van der Waals surface area contributed by atoms with Crippen molar-refractivity contribution in [2.45, 2.75) is 9.92 Å². The van der Waals surface area contributed by atoms with Gasteiger partial charge in [-0.05, 0) is 30.3 Å². The minimum absolute atomic E-state index is 0.0252. The molecular formula is C11H8ClNO2S. The number of hydrogen-bond acceptors (Lipinski definition) is 3. The summed E-state index contributed by atoms with van der Waals surface area (Å²) in [5.41, 5.74) is 0. The van der Waals surface area contributed by atoms with Gasteiger partial charge < -0.3 is 0 Å². The first-order chi connectivity index (χ1) is 7.60. The Labute approximate surface area is 98.6 Å². The molecule has 0 aliphatic heterocycles. The van der Waals surface area contributed by atoms with Crippen LogP contribution in [0.1, 0.15) is 0 Å². The van der Waals surface area contributed by atoms with Crippen molar-refractivity contribution in [2.75, 3.05) is 0 Å². The van der Waals surface area contributed by atoms with Crippen LogP contribution in [0.25, 0.3) is 0 Å². The number of nitrogens with zero attached hydrogens (tertiary/aromatic N) is 1. The van der Waals surface area contributed by atoms with Gasteiger partial charge in [-0.25, -0.2) is 13.4 Å². The van der Waals surface area contributed by atoms with E-state index in [1.807, 2.05) is 0 Å². The first-order valence-corrected chi connectivity index (χ1v) is 6.38. The lowest BCUT2D eigenvalue weighted by Gasteiger charge is -2.03. The van der Waals surface area contributed by atoms with Crippen LogP contribution >= 0.6 is 11.6 Å². The molecule has 2 aromatic rings. The average molecular weight is 254 g/mol. The molecule has 0 saturated carbocycles. The van der Waals surface area contributed by atoms with Crippen molar-refractivity contribution in [1.82, 2.24) is 4.98 Å². The zero-order chi connectivity index (χ0) is 11.6. The number of pyridine rings is 1. The van der Waals surface area contributed by atoms with E-state index in [2.05, 4.69) is 4.98 Å². The summed E-state index contributed by atoms with van der Waals surface area (Å²) in [4.78, 5) is 3.98. The van der Waals surface area contributed by atoms with Crippen molar-refractivity contribution in [2.24, 2.45) is 0 Å². The fourth-order valence-corrected chi connectivity index (χ4v) is 2.75. The summed E-state index contributed by atoms with van der Waals surface area (Å²) >= 11 is 5.75. The van der Waals surface area contributed by atoms with Crippen molar-refractivity contribution in [3.8, 4) is 0 Å². The summed E-state index contributed by atoms with van der Waals surface area (Å²) in [7, 11) is -3.56. The van der Waals surface area contributed by atoms with Crippen LogP contribution < -0.4 is 0 Å². The monoisotopic (exact) mass is 253 g/mol. The molecule has 0 amide bonds. The van der Waals surface area contributed by atoms with Crippen LogP contribution in [0.3, 0.4) is 0 Å². The molecule has 3 nitrogen and oxygen atoms in total. The third-order valence-corrected chi connectivity index (χ3v) is 3.92. The highest BCUT2D eigenvalue weighted by molar-refractivity contribution is 7.91. The van der Waals surface area contributed by atoms with Gasteiger partial charge in [0.1, 0.15) is 0 Å². The number of rotatable bonds is 2. The maximum absolute atomic E-state index is 12.1. The van der Waals surface area contributed by atoms with Crippen molar-refractivity contribution in [1.29, 1.82) is 0 Å². The Morgan fingerprint density at radius 1 is 1.06 bits per heavy atom. The van der Waals surface area contributed by atoms with Gasteiger partial charge in [0, 0.05) is 11.2 Å². The Morgan fingerprint density at radius 2 is 1.88 bits per heavy atom. The predicted octanol–water partition coefficient (Wildman–Crippen LogP) is 2.57. The van der Waals surface area contributed by atoms with Gasteiger partial charge in [0.25, 0.3) is 0 Å². The highest BCUT2D eigenvalue weighted by atomic mass is 35.5. The molecular weight excluding hydrogens is 246 g/mol. The van der Waals surface area contributed by atoms with Gasteiger partial charge >= 0.3 is 0 Å². The van der Waals surface area contributed by atoms with E-state index >= 15 is 0 Å². The summed E-state index contributed by atoms with van der Waals surface area (Å²) in [6.07, 6.45) is 1.44. The van der Waals surface area contributed by atoms with Gasteiger partial charge in [-0.2, -0.15) is 0 Å². The molecule has 0 spiro atoms. The second kappa shape index (κ2) is 4.23. The molecule has 82 valence electrons. The molecule has 0 N–H and O–H groups in total. The van der Waals surface area contributed by atoms with E-state index < -0.39 is 9.84 Å². The molecule has 0 unspecified atom stereocenters. The normalized spacial score (nSPS) is 11.3. The van der Waals surface area contributed by atoms with Crippen molar-refractivity contribution in [3.63, 3.8) is 0 Å². The summed E-state index contributed by atoms with van der Waals surface area (Å²) in [6, 6.07) is 10.9. The predicted molar refractivity (Wildman–Crippen MR) is 61.1 cm³/mol. The van der Waals surface area contributed by atoms with Crippen molar-refractivity contribution < 1.29 is 8.42 Å². The smallest absolute Gasteiger partial charge is 0.223 e. The van der Waals surface area contributed by atoms with Gasteiger partial charge in [0.05, 0.1) is 4.90 Å². The zero-order valence-corrected chi connectivity index (χ0v) is 9.74. The number of halogens is 1. The van der Waals surface area contributed by atoms with E-state index in [9.17, 15) is 8.42 Å². The van der Waals surface area contributed by atoms with Crippen LogP contribution in [0.15, 0.2) is 58.6 Å². The first kappa shape index (κ1) is 11.1. The van der Waals surface area contributed by atoms with Gasteiger partial charge in [-0.15, -0.1) is 0 Å². The fraction of sp³-hybridized carbons (Fsp3) is 0. The molecule has 5 heteroatoms. The Hall–Kier alpha value is -1.39. The maximum atomic E-state index is 12.1. The van der Waals surface area contributed by atoms with Crippen LogP contribution in [0.4, 0.5) is 0 Å². The standard InChI is InChI=1S/C11H8ClNO2S/c12-9-4-3-5-10(8-9)16(14,15)11-6-1-2-7-13-11/h1-8H. The topological polar surface area (TPSA) is 47.0 Å². The molecule has 0 aliphatic rings. The van der Waals surface area contributed by atoms with E-state index in [-0.39, 0.29) is 9.92 Å². The Kier molecular flexibility index (Phi) is 2.94. The van der Waals surface area contributed by atoms with Crippen molar-refractivity contribution >= 4 is 21.4 Å². The summed E-state index contributed by atoms with van der Waals surface area (Å²) < 4.78 is 24.1. The molecule has 0 atom stereocenters. The third kappa shape index (κ3) is 2.08. The second-order valence-corrected chi connectivity index (χ2v) is 5.46. The fourth-order valence-electron chi connectivity index (χ4n) is 1.26. The molecule has 1 aromatic heterocycles. The number of sulfone groups is 1. The SMILES string of the molecule is O=S(=O)(c1cccc(Cl)c1)c1ccccn1. The minimum atomic E-state index is -3.56. The summed E-state index contributed by atoms with van der Waals surface area (Å²) in [5, 5.41) is 0.411. The quantitative estimate of drug-likeness (QED) is 0.826. The molecule has 1 heterocycles.